The van der Waals surface area contributed by atoms with Crippen molar-refractivity contribution in [3.05, 3.63) is 59.9 Å². The second-order valence-corrected chi connectivity index (χ2v) is 5.95. The van der Waals surface area contributed by atoms with Crippen LogP contribution in [0.1, 0.15) is 25.1 Å². The van der Waals surface area contributed by atoms with Gasteiger partial charge in [0.2, 0.25) is 0 Å². The Hall–Kier alpha value is -3.16. The van der Waals surface area contributed by atoms with E-state index in [2.05, 4.69) is 20.2 Å². The van der Waals surface area contributed by atoms with Gasteiger partial charge in [-0.2, -0.15) is 18.3 Å². The number of pyridine rings is 2. The number of halogens is 3. The fourth-order valence-electron chi connectivity index (χ4n) is 2.54. The summed E-state index contributed by atoms with van der Waals surface area (Å²) in [7, 11) is 1.76. The van der Waals surface area contributed by atoms with Crippen LogP contribution in [0.2, 0.25) is 0 Å². The molecule has 0 atom stereocenters. The summed E-state index contributed by atoms with van der Waals surface area (Å²) in [6.07, 6.45) is -1.79. The molecule has 1 N–H and O–H groups in total. The molecule has 3 aromatic heterocycles. The summed E-state index contributed by atoms with van der Waals surface area (Å²) in [5.74, 6) is 1.11. The zero-order valence-corrected chi connectivity index (χ0v) is 15.0. The molecule has 0 amide bonds. The van der Waals surface area contributed by atoms with Gasteiger partial charge in [-0.15, -0.1) is 0 Å². The number of alkyl halides is 3. The molecule has 0 saturated carbocycles. The van der Waals surface area contributed by atoms with Gasteiger partial charge in [-0.05, 0) is 43.7 Å². The average molecular weight is 373 g/mol. The first kappa shape index (κ1) is 18.6. The van der Waals surface area contributed by atoms with Crippen LogP contribution in [0.15, 0.2) is 48.7 Å². The van der Waals surface area contributed by atoms with Crippen molar-refractivity contribution in [2.24, 2.45) is 0 Å². The Morgan fingerprint density at radius 3 is 2.41 bits per heavy atom. The number of aromatic nitrogens is 4. The predicted molar refractivity (Wildman–Crippen MR) is 98.4 cm³/mol. The molecule has 3 heterocycles. The molecule has 0 aliphatic heterocycles. The zero-order chi connectivity index (χ0) is 19.6. The summed E-state index contributed by atoms with van der Waals surface area (Å²) >= 11 is 0. The molecule has 3 aromatic rings. The van der Waals surface area contributed by atoms with E-state index in [0.29, 0.717) is 11.6 Å². The van der Waals surface area contributed by atoms with Crippen LogP contribution < -0.4 is 4.90 Å². The minimum absolute atomic E-state index is 0.157. The van der Waals surface area contributed by atoms with Crippen molar-refractivity contribution in [3.63, 3.8) is 0 Å². The van der Waals surface area contributed by atoms with E-state index in [-0.39, 0.29) is 11.4 Å². The summed E-state index contributed by atoms with van der Waals surface area (Å²) < 4.78 is 39.4. The summed E-state index contributed by atoms with van der Waals surface area (Å²) in [5, 5.41) is 5.91. The molecular weight excluding hydrogens is 355 g/mol. The molecule has 0 unspecified atom stereocenters. The fraction of sp³-hybridized carbons (Fsp3) is 0.211. The van der Waals surface area contributed by atoms with E-state index in [4.69, 9.17) is 0 Å². The number of allylic oxidation sites excluding steroid dienone is 2. The van der Waals surface area contributed by atoms with Crippen LogP contribution in [-0.2, 0) is 6.18 Å². The van der Waals surface area contributed by atoms with E-state index in [9.17, 15) is 13.2 Å². The molecule has 0 radical (unpaired) electrons. The van der Waals surface area contributed by atoms with E-state index in [0.717, 1.165) is 17.5 Å². The molecule has 0 saturated heterocycles. The number of rotatable bonds is 4. The van der Waals surface area contributed by atoms with Crippen molar-refractivity contribution >= 4 is 17.2 Å². The molecule has 0 bridgehead atoms. The topological polar surface area (TPSA) is 57.7 Å². The van der Waals surface area contributed by atoms with Crippen molar-refractivity contribution in [1.82, 2.24) is 20.2 Å². The van der Waals surface area contributed by atoms with Gasteiger partial charge in [-0.1, -0.05) is 18.2 Å². The van der Waals surface area contributed by atoms with E-state index in [1.807, 2.05) is 38.1 Å². The largest absolute Gasteiger partial charge is 0.420 e. The monoisotopic (exact) mass is 373 g/mol. The molecule has 0 aromatic carbocycles. The van der Waals surface area contributed by atoms with E-state index >= 15 is 0 Å². The zero-order valence-electron chi connectivity index (χ0n) is 15.0. The Kier molecular flexibility index (Phi) is 4.98. The van der Waals surface area contributed by atoms with Crippen LogP contribution >= 0.6 is 0 Å². The minimum Gasteiger partial charge on any atom is -0.314 e. The van der Waals surface area contributed by atoms with Crippen LogP contribution in [0.25, 0.3) is 17.0 Å². The third-order valence-electron chi connectivity index (χ3n) is 4.19. The number of anilines is 2. The Morgan fingerprint density at radius 2 is 1.74 bits per heavy atom. The standard InChI is InChI=1S/C19H18F3N5/c1-4-12(2)14-7-5-9-16(24-14)27(3)17-10-6-8-15(25-17)18-13(11-23-26-18)19(20,21)22/h4-11H,1-3H3,(H,23,26)/b12-4+. The molecule has 8 heteroatoms. The van der Waals surface area contributed by atoms with Crippen LogP contribution in [0.3, 0.4) is 0 Å². The molecule has 3 rings (SSSR count). The first-order chi connectivity index (χ1) is 12.8. The van der Waals surface area contributed by atoms with Gasteiger partial charge in [0.25, 0.3) is 0 Å². The number of H-pyrrole nitrogens is 1. The van der Waals surface area contributed by atoms with Crippen molar-refractivity contribution in [3.8, 4) is 11.4 Å². The summed E-state index contributed by atoms with van der Waals surface area (Å²) in [6, 6.07) is 10.5. The van der Waals surface area contributed by atoms with Gasteiger partial charge in [0, 0.05) is 7.05 Å². The van der Waals surface area contributed by atoms with Gasteiger partial charge < -0.3 is 4.90 Å². The normalized spacial score (nSPS) is 12.3. The van der Waals surface area contributed by atoms with Crippen molar-refractivity contribution < 1.29 is 13.2 Å². The smallest absolute Gasteiger partial charge is 0.314 e. The fourth-order valence-corrected chi connectivity index (χ4v) is 2.54. The molecule has 5 nitrogen and oxygen atoms in total. The number of hydrogen-bond acceptors (Lipinski definition) is 4. The molecule has 27 heavy (non-hydrogen) atoms. The predicted octanol–water partition coefficient (Wildman–Crippen LogP) is 5.08. The molecule has 0 aliphatic carbocycles. The van der Waals surface area contributed by atoms with E-state index in [1.165, 1.54) is 6.07 Å². The van der Waals surface area contributed by atoms with Gasteiger partial charge in [-0.25, -0.2) is 9.97 Å². The average Bonchev–Trinajstić information content (AvgIpc) is 3.17. The maximum Gasteiger partial charge on any atom is 0.420 e. The van der Waals surface area contributed by atoms with Crippen LogP contribution in [-0.4, -0.2) is 27.2 Å². The lowest BCUT2D eigenvalue weighted by molar-refractivity contribution is -0.137. The van der Waals surface area contributed by atoms with Crippen LogP contribution in [0.5, 0.6) is 0 Å². The maximum atomic E-state index is 13.1. The third-order valence-corrected chi connectivity index (χ3v) is 4.19. The molecule has 0 spiro atoms. The first-order valence-electron chi connectivity index (χ1n) is 8.23. The first-order valence-corrected chi connectivity index (χ1v) is 8.23. The summed E-state index contributed by atoms with van der Waals surface area (Å²) in [4.78, 5) is 10.7. The van der Waals surface area contributed by atoms with Gasteiger partial charge in [0.05, 0.1) is 23.3 Å². The van der Waals surface area contributed by atoms with Gasteiger partial charge in [0.15, 0.2) is 0 Å². The Balaban J connectivity index is 1.98. The second kappa shape index (κ2) is 7.22. The van der Waals surface area contributed by atoms with Crippen LogP contribution in [0, 0.1) is 0 Å². The molecular formula is C19H18F3N5. The quantitative estimate of drug-likeness (QED) is 0.693. The SMILES string of the molecule is C/C=C(\C)c1cccc(N(C)c2cccc(-c3[nH]ncc3C(F)(F)F)n2)n1. The summed E-state index contributed by atoms with van der Waals surface area (Å²) in [6.45, 7) is 3.89. The van der Waals surface area contributed by atoms with Gasteiger partial charge >= 0.3 is 6.18 Å². The van der Waals surface area contributed by atoms with E-state index < -0.39 is 11.7 Å². The number of hydrogen-bond donors (Lipinski definition) is 1. The molecule has 0 fully saturated rings. The lowest BCUT2D eigenvalue weighted by Crippen LogP contribution is -2.14. The minimum atomic E-state index is -4.51. The Morgan fingerprint density at radius 1 is 1.07 bits per heavy atom. The van der Waals surface area contributed by atoms with Crippen molar-refractivity contribution in [1.29, 1.82) is 0 Å². The maximum absolute atomic E-state index is 13.1. The lowest BCUT2D eigenvalue weighted by atomic mass is 10.1. The Bertz CT molecular complexity index is 975. The highest BCUT2D eigenvalue weighted by molar-refractivity contribution is 5.66. The number of nitrogens with zero attached hydrogens (tertiary/aromatic N) is 4. The second-order valence-electron chi connectivity index (χ2n) is 5.95. The highest BCUT2D eigenvalue weighted by Crippen LogP contribution is 2.35. The third kappa shape index (κ3) is 3.84. The number of nitrogens with one attached hydrogen (secondary N) is 1. The molecule has 0 aliphatic rings. The lowest BCUT2D eigenvalue weighted by Gasteiger charge is -2.19. The van der Waals surface area contributed by atoms with Crippen molar-refractivity contribution in [2.75, 3.05) is 11.9 Å². The molecule has 140 valence electrons. The van der Waals surface area contributed by atoms with Gasteiger partial charge in [-0.3, -0.25) is 5.10 Å². The number of aromatic amines is 1. The van der Waals surface area contributed by atoms with Gasteiger partial charge in [0.1, 0.15) is 17.2 Å². The van der Waals surface area contributed by atoms with E-state index in [1.54, 1.807) is 24.1 Å². The highest BCUT2D eigenvalue weighted by atomic mass is 19.4. The van der Waals surface area contributed by atoms with Crippen LogP contribution in [0.4, 0.5) is 24.8 Å². The Labute approximate surface area is 154 Å². The van der Waals surface area contributed by atoms with Crippen molar-refractivity contribution in [2.45, 2.75) is 20.0 Å². The highest BCUT2D eigenvalue weighted by Gasteiger charge is 2.35. The summed E-state index contributed by atoms with van der Waals surface area (Å²) in [5.41, 5.74) is 0.998.